The van der Waals surface area contributed by atoms with Crippen molar-refractivity contribution in [1.29, 1.82) is 0 Å². The summed E-state index contributed by atoms with van der Waals surface area (Å²) in [7, 11) is 0. The summed E-state index contributed by atoms with van der Waals surface area (Å²) in [6.07, 6.45) is 0.0920. The quantitative estimate of drug-likeness (QED) is 0.157. The number of ether oxygens (including phenoxy) is 1. The van der Waals surface area contributed by atoms with Gasteiger partial charge in [-0.2, -0.15) is 5.10 Å². The number of imidazole rings is 1. The van der Waals surface area contributed by atoms with Crippen molar-refractivity contribution in [3.8, 4) is 11.4 Å². The van der Waals surface area contributed by atoms with Crippen molar-refractivity contribution in [2.45, 2.75) is 26.1 Å². The molecule has 0 saturated carbocycles. The number of benzene rings is 3. The third-order valence-electron chi connectivity index (χ3n) is 6.65. The minimum Gasteiger partial charge on any atom is -0.406 e. The summed E-state index contributed by atoms with van der Waals surface area (Å²) in [5.41, 5.74) is 5.28. The Labute approximate surface area is 242 Å². The van der Waals surface area contributed by atoms with E-state index in [0.717, 1.165) is 22.2 Å². The molecule has 1 aliphatic heterocycles. The van der Waals surface area contributed by atoms with E-state index >= 15 is 0 Å². The number of thioether (sulfide) groups is 1. The molecule has 212 valence electrons. The van der Waals surface area contributed by atoms with E-state index in [-0.39, 0.29) is 17.6 Å². The summed E-state index contributed by atoms with van der Waals surface area (Å²) in [5, 5.41) is 9.96. The lowest BCUT2D eigenvalue weighted by atomic mass is 10.0. The summed E-state index contributed by atoms with van der Waals surface area (Å²) in [6, 6.07) is 19.0. The number of nitrogens with zero attached hydrogens (tertiary/aromatic N) is 6. The molecule has 2 aromatic heterocycles. The van der Waals surface area contributed by atoms with Gasteiger partial charge in [0.25, 0.3) is 0 Å². The van der Waals surface area contributed by atoms with Gasteiger partial charge in [-0.1, -0.05) is 49.9 Å². The van der Waals surface area contributed by atoms with Gasteiger partial charge in [-0.25, -0.2) is 4.98 Å². The Kier molecular flexibility index (Phi) is 7.15. The zero-order valence-electron chi connectivity index (χ0n) is 22.4. The highest BCUT2D eigenvalue weighted by molar-refractivity contribution is 8.15. The third kappa shape index (κ3) is 5.45. The molecular weight excluding hydrogens is 565 g/mol. The number of pyridine rings is 1. The van der Waals surface area contributed by atoms with Crippen LogP contribution in [0.5, 0.6) is 5.75 Å². The Hall–Kier alpha value is -4.71. The average Bonchev–Trinajstić information content (AvgIpc) is 3.56. The number of hydrogen-bond donors (Lipinski definition) is 0. The molecule has 1 saturated heterocycles. The molecule has 0 spiro atoms. The van der Waals surface area contributed by atoms with Gasteiger partial charge in [-0.3, -0.25) is 19.2 Å². The predicted octanol–water partition coefficient (Wildman–Crippen LogP) is 7.07. The van der Waals surface area contributed by atoms with Crippen LogP contribution in [0, 0.1) is 0 Å². The zero-order valence-corrected chi connectivity index (χ0v) is 23.2. The van der Waals surface area contributed by atoms with Crippen molar-refractivity contribution in [3.05, 3.63) is 90.4 Å². The number of para-hydroxylation sites is 1. The predicted molar refractivity (Wildman–Crippen MR) is 159 cm³/mol. The highest BCUT2D eigenvalue weighted by Crippen LogP contribution is 2.33. The second-order valence-corrected chi connectivity index (χ2v) is 10.7. The summed E-state index contributed by atoms with van der Waals surface area (Å²) in [4.78, 5) is 23.4. The first-order valence-corrected chi connectivity index (χ1v) is 13.9. The van der Waals surface area contributed by atoms with Crippen LogP contribution in [-0.2, 0) is 4.79 Å². The molecule has 0 unspecified atom stereocenters. The summed E-state index contributed by atoms with van der Waals surface area (Å²) >= 11 is 1.35. The van der Waals surface area contributed by atoms with E-state index in [1.165, 1.54) is 36.0 Å². The van der Waals surface area contributed by atoms with Crippen LogP contribution >= 0.6 is 11.8 Å². The fourth-order valence-corrected chi connectivity index (χ4v) is 5.59. The van der Waals surface area contributed by atoms with E-state index in [1.807, 2.05) is 42.5 Å². The van der Waals surface area contributed by atoms with Gasteiger partial charge in [0, 0.05) is 22.8 Å². The second kappa shape index (κ2) is 10.9. The monoisotopic (exact) mass is 588 g/mol. The maximum atomic E-state index is 12.7. The smallest absolute Gasteiger partial charge is 0.406 e. The molecule has 6 rings (SSSR count). The van der Waals surface area contributed by atoms with Gasteiger partial charge in [-0.15, -0.1) is 18.3 Å². The lowest BCUT2D eigenvalue weighted by Gasteiger charge is -2.20. The first-order chi connectivity index (χ1) is 20.2. The molecule has 3 heterocycles. The minimum atomic E-state index is -4.75. The molecule has 0 bridgehead atoms. The van der Waals surface area contributed by atoms with Crippen LogP contribution in [-0.4, -0.2) is 43.9 Å². The molecule has 1 fully saturated rings. The van der Waals surface area contributed by atoms with E-state index in [0.29, 0.717) is 33.2 Å². The van der Waals surface area contributed by atoms with Crippen molar-refractivity contribution in [1.82, 2.24) is 14.5 Å². The van der Waals surface area contributed by atoms with Crippen LogP contribution in [0.25, 0.3) is 27.6 Å². The maximum absolute atomic E-state index is 12.7. The van der Waals surface area contributed by atoms with Gasteiger partial charge < -0.3 is 4.74 Å². The van der Waals surface area contributed by atoms with E-state index in [1.54, 1.807) is 28.2 Å². The van der Waals surface area contributed by atoms with Gasteiger partial charge in [0.1, 0.15) is 17.6 Å². The van der Waals surface area contributed by atoms with Crippen molar-refractivity contribution < 1.29 is 22.7 Å². The molecule has 0 atom stereocenters. The van der Waals surface area contributed by atoms with E-state index in [4.69, 9.17) is 0 Å². The molecule has 5 aromatic rings. The molecule has 12 heteroatoms. The minimum absolute atomic E-state index is 0.0385. The Balaban J connectivity index is 1.25. The fourth-order valence-electron chi connectivity index (χ4n) is 4.77. The topological polar surface area (TPSA) is 85.0 Å². The number of fused-ring (bicyclic) bond motifs is 3. The summed E-state index contributed by atoms with van der Waals surface area (Å²) in [6.45, 7) is 4.17. The van der Waals surface area contributed by atoms with Gasteiger partial charge in [0.05, 0.1) is 28.7 Å². The molecule has 8 nitrogen and oxygen atoms in total. The van der Waals surface area contributed by atoms with Crippen LogP contribution in [0.2, 0.25) is 0 Å². The SMILES string of the molecule is CC(C)c1ccccc1N1C(=O)CS/C1=N\N=C/c1cnc2c(ccc3c2ncn3-c2ccc(OC(F)(F)F)cc2)c1. The maximum Gasteiger partial charge on any atom is 0.573 e. The number of hydrogen-bond acceptors (Lipinski definition) is 7. The lowest BCUT2D eigenvalue weighted by molar-refractivity contribution is -0.274. The molecule has 1 amide bonds. The molecule has 42 heavy (non-hydrogen) atoms. The van der Waals surface area contributed by atoms with Crippen molar-refractivity contribution in [3.63, 3.8) is 0 Å². The second-order valence-electron chi connectivity index (χ2n) is 9.79. The number of amides is 1. The van der Waals surface area contributed by atoms with E-state index in [2.05, 4.69) is 38.8 Å². The number of aromatic nitrogens is 3. The van der Waals surface area contributed by atoms with Gasteiger partial charge in [-0.05, 0) is 53.9 Å². The number of amidine groups is 1. The standard InChI is InChI=1S/C30H23F3N6O2S/c1-18(2)23-5-3-4-6-24(23)39-26(40)16-42-29(39)37-36-15-19-13-20-7-12-25-28(27(20)34-14-19)35-17-38(25)21-8-10-22(11-9-21)41-30(31,32)33/h3-15,17-18H,16H2,1-2H3/b36-15-,37-29-. The van der Waals surface area contributed by atoms with E-state index < -0.39 is 6.36 Å². The van der Waals surface area contributed by atoms with Crippen LogP contribution in [0.3, 0.4) is 0 Å². The van der Waals surface area contributed by atoms with Crippen LogP contribution in [0.4, 0.5) is 18.9 Å². The first-order valence-electron chi connectivity index (χ1n) is 13.0. The Bertz CT molecular complexity index is 1870. The first kappa shape index (κ1) is 27.5. The average molecular weight is 589 g/mol. The Morgan fingerprint density at radius 2 is 1.81 bits per heavy atom. The number of carbonyl (C=O) groups is 1. The Morgan fingerprint density at radius 3 is 2.57 bits per heavy atom. The molecule has 0 aliphatic carbocycles. The molecule has 0 N–H and O–H groups in total. The number of anilines is 1. The number of carbonyl (C=O) groups excluding carboxylic acids is 1. The molecular formula is C30H23F3N6O2S. The summed E-state index contributed by atoms with van der Waals surface area (Å²) < 4.78 is 43.2. The van der Waals surface area contributed by atoms with Crippen LogP contribution in [0.1, 0.15) is 30.9 Å². The van der Waals surface area contributed by atoms with Crippen molar-refractivity contribution in [2.24, 2.45) is 10.2 Å². The largest absolute Gasteiger partial charge is 0.573 e. The van der Waals surface area contributed by atoms with Crippen molar-refractivity contribution in [2.75, 3.05) is 10.7 Å². The van der Waals surface area contributed by atoms with Gasteiger partial charge in [0.2, 0.25) is 5.91 Å². The van der Waals surface area contributed by atoms with E-state index in [9.17, 15) is 18.0 Å². The van der Waals surface area contributed by atoms with Crippen molar-refractivity contribution >= 4 is 56.7 Å². The number of alkyl halides is 3. The van der Waals surface area contributed by atoms with Gasteiger partial charge in [0.15, 0.2) is 5.17 Å². The summed E-state index contributed by atoms with van der Waals surface area (Å²) in [5.74, 6) is 0.202. The van der Waals surface area contributed by atoms with Crippen LogP contribution in [0.15, 0.2) is 89.5 Å². The van der Waals surface area contributed by atoms with Gasteiger partial charge >= 0.3 is 6.36 Å². The molecule has 0 radical (unpaired) electrons. The normalized spacial score (nSPS) is 15.2. The fraction of sp³-hybridized carbons (Fsp3) is 0.167. The Morgan fingerprint density at radius 1 is 1.02 bits per heavy atom. The lowest BCUT2D eigenvalue weighted by Crippen LogP contribution is -2.30. The highest BCUT2D eigenvalue weighted by Gasteiger charge is 2.32. The van der Waals surface area contributed by atoms with Crippen LogP contribution < -0.4 is 9.64 Å². The number of halogens is 3. The number of rotatable bonds is 6. The zero-order chi connectivity index (χ0) is 29.4. The molecule has 3 aromatic carbocycles. The third-order valence-corrected chi connectivity index (χ3v) is 7.57. The molecule has 1 aliphatic rings. The highest BCUT2D eigenvalue weighted by atomic mass is 32.2.